The maximum atomic E-state index is 13.8. The lowest BCUT2D eigenvalue weighted by molar-refractivity contribution is -0.138. The number of benzene rings is 1. The van der Waals surface area contributed by atoms with E-state index in [4.69, 9.17) is 9.47 Å². The monoisotopic (exact) mass is 550 g/mol. The highest BCUT2D eigenvalue weighted by Crippen LogP contribution is 2.30. The van der Waals surface area contributed by atoms with Gasteiger partial charge in [0.2, 0.25) is 15.9 Å². The molecule has 1 amide bonds. The van der Waals surface area contributed by atoms with E-state index < -0.39 is 10.0 Å². The van der Waals surface area contributed by atoms with Gasteiger partial charge in [0, 0.05) is 38.8 Å². The highest BCUT2D eigenvalue weighted by molar-refractivity contribution is 7.89. The van der Waals surface area contributed by atoms with Crippen LogP contribution in [0.5, 0.6) is 5.75 Å². The van der Waals surface area contributed by atoms with E-state index in [0.717, 1.165) is 25.9 Å². The summed E-state index contributed by atoms with van der Waals surface area (Å²) in [5.74, 6) is 0.644. The number of likely N-dealkylation sites (N-methyl/N-ethyl adjacent to an activating group) is 1. The maximum Gasteiger partial charge on any atom is 0.248 e. The highest BCUT2D eigenvalue weighted by atomic mass is 32.2. The lowest BCUT2D eigenvalue weighted by atomic mass is 10.0. The average molecular weight is 551 g/mol. The van der Waals surface area contributed by atoms with Gasteiger partial charge in [-0.1, -0.05) is 12.8 Å². The molecule has 3 heterocycles. The van der Waals surface area contributed by atoms with Crippen molar-refractivity contribution in [2.24, 2.45) is 0 Å². The first kappa shape index (κ1) is 29.3. The van der Waals surface area contributed by atoms with Gasteiger partial charge >= 0.3 is 0 Å². The summed E-state index contributed by atoms with van der Waals surface area (Å²) in [6.45, 7) is 9.29. The molecule has 0 spiro atoms. The molecule has 1 atom stereocenters. The smallest absolute Gasteiger partial charge is 0.248 e. The van der Waals surface area contributed by atoms with Gasteiger partial charge in [-0.25, -0.2) is 8.42 Å². The molecular weight excluding hydrogens is 504 g/mol. The molecule has 0 aliphatic carbocycles. The molecule has 1 unspecified atom stereocenters. The van der Waals surface area contributed by atoms with E-state index in [1.54, 1.807) is 37.4 Å². The summed E-state index contributed by atoms with van der Waals surface area (Å²) in [5.41, 5.74) is 1.33. The van der Waals surface area contributed by atoms with Gasteiger partial charge in [-0.05, 0) is 82.9 Å². The van der Waals surface area contributed by atoms with E-state index in [1.807, 2.05) is 11.9 Å². The number of likely N-dealkylation sites (tertiary alicyclic amines) is 2. The topological polar surface area (TPSA) is 82.6 Å². The fraction of sp³-hybridized carbons (Fsp3) is 0.750. The van der Waals surface area contributed by atoms with Crippen LogP contribution in [-0.2, 0) is 19.6 Å². The quantitative estimate of drug-likeness (QED) is 0.492. The van der Waals surface area contributed by atoms with Crippen molar-refractivity contribution in [1.82, 2.24) is 19.0 Å². The van der Waals surface area contributed by atoms with Crippen LogP contribution in [0.3, 0.4) is 0 Å². The van der Waals surface area contributed by atoms with Crippen LogP contribution in [0.25, 0.3) is 0 Å². The molecule has 0 bridgehead atoms. The fourth-order valence-electron chi connectivity index (χ4n) is 6.31. The van der Waals surface area contributed by atoms with E-state index in [-0.39, 0.29) is 25.2 Å². The fourth-order valence-corrected chi connectivity index (χ4v) is 8.32. The zero-order chi connectivity index (χ0) is 27.3. The summed E-state index contributed by atoms with van der Waals surface area (Å²) in [6, 6.07) is 3.74. The number of sulfonamides is 1. The Morgan fingerprint density at radius 2 is 1.58 bits per heavy atom. The SMILES string of the molecule is COc1cc(C)c(S(=O)(=O)N2CCN(C)CC2COCC(=O)N2CCC(N3CCCCCC3)CC2)c(C)c1. The van der Waals surface area contributed by atoms with Crippen LogP contribution in [0.1, 0.15) is 49.7 Å². The number of methoxy groups -OCH3 is 1. The van der Waals surface area contributed by atoms with Crippen molar-refractivity contribution in [3.63, 3.8) is 0 Å². The third-order valence-electron chi connectivity index (χ3n) is 8.38. The van der Waals surface area contributed by atoms with E-state index in [1.165, 1.54) is 38.8 Å². The minimum Gasteiger partial charge on any atom is -0.497 e. The van der Waals surface area contributed by atoms with Crippen LogP contribution in [0, 0.1) is 13.8 Å². The lowest BCUT2D eigenvalue weighted by Crippen LogP contribution is -2.56. The number of amides is 1. The maximum absolute atomic E-state index is 13.8. The Morgan fingerprint density at radius 1 is 0.947 bits per heavy atom. The second-order valence-corrected chi connectivity index (χ2v) is 13.0. The van der Waals surface area contributed by atoms with Gasteiger partial charge in [-0.2, -0.15) is 4.31 Å². The van der Waals surface area contributed by atoms with Crippen LogP contribution in [0.4, 0.5) is 0 Å². The van der Waals surface area contributed by atoms with Crippen molar-refractivity contribution >= 4 is 15.9 Å². The summed E-state index contributed by atoms with van der Waals surface area (Å²) in [7, 11) is -0.175. The van der Waals surface area contributed by atoms with Crippen molar-refractivity contribution in [2.45, 2.75) is 69.4 Å². The highest BCUT2D eigenvalue weighted by Gasteiger charge is 2.37. The third kappa shape index (κ3) is 6.88. The molecule has 3 aliphatic rings. The average Bonchev–Trinajstić information content (AvgIpc) is 3.18. The molecule has 0 N–H and O–H groups in total. The van der Waals surface area contributed by atoms with Crippen molar-refractivity contribution in [3.8, 4) is 5.75 Å². The normalized spacial score (nSPS) is 23.4. The second-order valence-electron chi connectivity index (χ2n) is 11.2. The van der Waals surface area contributed by atoms with Crippen LogP contribution in [0.2, 0.25) is 0 Å². The molecule has 4 rings (SSSR count). The van der Waals surface area contributed by atoms with Crippen LogP contribution in [0.15, 0.2) is 17.0 Å². The van der Waals surface area contributed by atoms with E-state index in [0.29, 0.717) is 47.4 Å². The number of piperazine rings is 1. The van der Waals surface area contributed by atoms with Crippen molar-refractivity contribution in [2.75, 3.05) is 73.2 Å². The molecule has 10 heteroatoms. The van der Waals surface area contributed by atoms with Crippen LogP contribution >= 0.6 is 0 Å². The van der Waals surface area contributed by atoms with Gasteiger partial charge in [0.15, 0.2) is 0 Å². The van der Waals surface area contributed by atoms with Gasteiger partial charge in [0.05, 0.1) is 24.7 Å². The Bertz CT molecular complexity index is 1030. The van der Waals surface area contributed by atoms with E-state index in [9.17, 15) is 13.2 Å². The lowest BCUT2D eigenvalue weighted by Gasteiger charge is -2.39. The molecule has 0 aromatic heterocycles. The van der Waals surface area contributed by atoms with E-state index in [2.05, 4.69) is 9.80 Å². The Morgan fingerprint density at radius 3 is 2.18 bits per heavy atom. The first-order valence-electron chi connectivity index (χ1n) is 14.2. The summed E-state index contributed by atoms with van der Waals surface area (Å²) in [6.07, 6.45) is 7.28. The number of rotatable bonds is 8. The number of carbonyl (C=O) groups excluding carboxylic acids is 1. The molecule has 38 heavy (non-hydrogen) atoms. The second kappa shape index (κ2) is 13.1. The van der Waals surface area contributed by atoms with Gasteiger partial charge in [-0.3, -0.25) is 4.79 Å². The van der Waals surface area contributed by atoms with Gasteiger partial charge < -0.3 is 24.2 Å². The molecular formula is C28H46N4O5S. The van der Waals surface area contributed by atoms with E-state index >= 15 is 0 Å². The minimum absolute atomic E-state index is 0.000249. The predicted octanol–water partition coefficient (Wildman–Crippen LogP) is 2.50. The van der Waals surface area contributed by atoms with Crippen molar-refractivity contribution in [3.05, 3.63) is 23.3 Å². The zero-order valence-corrected chi connectivity index (χ0v) is 24.5. The Kier molecular flexibility index (Phi) is 10.1. The Hall–Kier alpha value is -1.72. The Labute approximate surface area is 229 Å². The molecule has 1 aromatic carbocycles. The molecule has 0 radical (unpaired) electrons. The van der Waals surface area contributed by atoms with Crippen LogP contribution in [-0.4, -0.2) is 119 Å². The van der Waals surface area contributed by atoms with Gasteiger partial charge in [-0.15, -0.1) is 0 Å². The van der Waals surface area contributed by atoms with Crippen molar-refractivity contribution < 1.29 is 22.7 Å². The molecule has 3 aliphatic heterocycles. The number of aryl methyl sites for hydroxylation is 2. The number of ether oxygens (including phenoxy) is 2. The number of hydrogen-bond donors (Lipinski definition) is 0. The molecule has 214 valence electrons. The summed E-state index contributed by atoms with van der Waals surface area (Å²) < 4.78 is 40.4. The molecule has 9 nitrogen and oxygen atoms in total. The standard InChI is InChI=1S/C28H46N4O5S/c1-22-17-26(36-4)18-23(2)28(22)38(34,35)32-16-15-29(3)19-25(32)20-37-21-27(33)31-13-9-24(10-14-31)30-11-7-5-6-8-12-30/h17-18,24-25H,5-16,19-21H2,1-4H3. The first-order valence-corrected chi connectivity index (χ1v) is 15.6. The van der Waals surface area contributed by atoms with Crippen LogP contribution < -0.4 is 4.74 Å². The summed E-state index contributed by atoms with van der Waals surface area (Å²) in [5, 5.41) is 0. The molecule has 0 saturated carbocycles. The number of nitrogens with zero attached hydrogens (tertiary/aromatic N) is 4. The minimum atomic E-state index is -3.74. The third-order valence-corrected chi connectivity index (χ3v) is 10.6. The van der Waals surface area contributed by atoms with Crippen molar-refractivity contribution in [1.29, 1.82) is 0 Å². The van der Waals surface area contributed by atoms with Gasteiger partial charge in [0.1, 0.15) is 12.4 Å². The molecule has 1 aromatic rings. The number of hydrogen-bond acceptors (Lipinski definition) is 7. The number of piperidine rings is 1. The summed E-state index contributed by atoms with van der Waals surface area (Å²) in [4.78, 5) is 19.9. The zero-order valence-electron chi connectivity index (χ0n) is 23.7. The molecule has 3 fully saturated rings. The molecule has 3 saturated heterocycles. The largest absolute Gasteiger partial charge is 0.497 e. The van der Waals surface area contributed by atoms with Gasteiger partial charge in [0.25, 0.3) is 0 Å². The Balaban J connectivity index is 1.33. The predicted molar refractivity (Wildman–Crippen MR) is 148 cm³/mol. The summed E-state index contributed by atoms with van der Waals surface area (Å²) >= 11 is 0. The first-order chi connectivity index (χ1) is 18.2. The number of carbonyl (C=O) groups is 1.